The number of nitrogens with one attached hydrogen (secondary N) is 1. The lowest BCUT2D eigenvalue weighted by atomic mass is 9.85. The highest BCUT2D eigenvalue weighted by Crippen LogP contribution is 2.31. The summed E-state index contributed by atoms with van der Waals surface area (Å²) in [4.78, 5) is 0.412. The van der Waals surface area contributed by atoms with Crippen LogP contribution in [0.5, 0.6) is 0 Å². The highest BCUT2D eigenvalue weighted by atomic mass is 32.2. The molecule has 0 aliphatic carbocycles. The third-order valence-corrected chi connectivity index (χ3v) is 6.11. The summed E-state index contributed by atoms with van der Waals surface area (Å²) in [5.41, 5.74) is 1.23. The Balaban J connectivity index is 2.23. The maximum Gasteiger partial charge on any atom is 0.243 e. The van der Waals surface area contributed by atoms with Gasteiger partial charge in [0.1, 0.15) is 0 Å². The topological polar surface area (TPSA) is 49.4 Å². The zero-order chi connectivity index (χ0) is 15.5. The third kappa shape index (κ3) is 4.05. The van der Waals surface area contributed by atoms with E-state index in [1.807, 2.05) is 19.2 Å². The SMILES string of the molecule is CNCc1cccc(S(=O)(=O)N2CCCC(C)(C)CC2)c1. The number of hydrogen-bond acceptors (Lipinski definition) is 3. The molecule has 1 N–H and O–H groups in total. The summed E-state index contributed by atoms with van der Waals surface area (Å²) in [6.45, 7) is 6.36. The van der Waals surface area contributed by atoms with Crippen LogP contribution >= 0.6 is 0 Å². The summed E-state index contributed by atoms with van der Waals surface area (Å²) in [6.07, 6.45) is 2.93. The summed E-state index contributed by atoms with van der Waals surface area (Å²) in [7, 11) is -1.51. The molecule has 0 spiro atoms. The Morgan fingerprint density at radius 2 is 2.00 bits per heavy atom. The molecule has 118 valence electrons. The van der Waals surface area contributed by atoms with Crippen LogP contribution < -0.4 is 5.32 Å². The second-order valence-electron chi connectivity index (χ2n) is 6.60. The zero-order valence-electron chi connectivity index (χ0n) is 13.2. The van der Waals surface area contributed by atoms with E-state index in [0.29, 0.717) is 24.5 Å². The minimum Gasteiger partial charge on any atom is -0.316 e. The van der Waals surface area contributed by atoms with Gasteiger partial charge in [-0.05, 0) is 49.4 Å². The zero-order valence-corrected chi connectivity index (χ0v) is 14.0. The fourth-order valence-corrected chi connectivity index (χ4v) is 4.36. The molecule has 1 aromatic rings. The molecule has 1 aromatic carbocycles. The van der Waals surface area contributed by atoms with Gasteiger partial charge in [0, 0.05) is 19.6 Å². The monoisotopic (exact) mass is 310 g/mol. The van der Waals surface area contributed by atoms with Gasteiger partial charge in [0.25, 0.3) is 0 Å². The second-order valence-corrected chi connectivity index (χ2v) is 8.54. The van der Waals surface area contributed by atoms with Gasteiger partial charge in [-0.2, -0.15) is 4.31 Å². The molecule has 2 rings (SSSR count). The van der Waals surface area contributed by atoms with E-state index in [2.05, 4.69) is 19.2 Å². The van der Waals surface area contributed by atoms with Crippen LogP contribution in [0.2, 0.25) is 0 Å². The molecule has 1 aliphatic heterocycles. The van der Waals surface area contributed by atoms with Gasteiger partial charge < -0.3 is 5.32 Å². The first-order chi connectivity index (χ1) is 9.85. The number of hydrogen-bond donors (Lipinski definition) is 1. The van der Waals surface area contributed by atoms with Crippen molar-refractivity contribution in [3.8, 4) is 0 Å². The van der Waals surface area contributed by atoms with E-state index < -0.39 is 10.0 Å². The van der Waals surface area contributed by atoms with Crippen LogP contribution in [0.3, 0.4) is 0 Å². The van der Waals surface area contributed by atoms with Gasteiger partial charge in [-0.3, -0.25) is 0 Å². The Kier molecular flexibility index (Phi) is 5.07. The lowest BCUT2D eigenvalue weighted by Crippen LogP contribution is -2.32. The molecule has 21 heavy (non-hydrogen) atoms. The average molecular weight is 310 g/mol. The minimum absolute atomic E-state index is 0.234. The van der Waals surface area contributed by atoms with Crippen molar-refractivity contribution in [3.05, 3.63) is 29.8 Å². The van der Waals surface area contributed by atoms with Crippen LogP contribution in [0.15, 0.2) is 29.2 Å². The molecule has 1 aliphatic rings. The fraction of sp³-hybridized carbons (Fsp3) is 0.625. The van der Waals surface area contributed by atoms with Crippen LogP contribution in [-0.4, -0.2) is 32.9 Å². The van der Waals surface area contributed by atoms with Crippen LogP contribution in [0.1, 0.15) is 38.7 Å². The molecule has 5 heteroatoms. The summed E-state index contributed by atoms with van der Waals surface area (Å²) in [5.74, 6) is 0. The molecule has 0 unspecified atom stereocenters. The highest BCUT2D eigenvalue weighted by molar-refractivity contribution is 7.89. The molecule has 0 atom stereocenters. The maximum atomic E-state index is 12.8. The Labute approximate surface area is 128 Å². The van der Waals surface area contributed by atoms with Crippen molar-refractivity contribution < 1.29 is 8.42 Å². The molecular formula is C16H26N2O2S. The molecule has 4 nitrogen and oxygen atoms in total. The lowest BCUT2D eigenvalue weighted by Gasteiger charge is -2.23. The number of nitrogens with zero attached hydrogens (tertiary/aromatic N) is 1. The van der Waals surface area contributed by atoms with Crippen molar-refractivity contribution in [1.29, 1.82) is 0 Å². The Morgan fingerprint density at radius 3 is 2.71 bits per heavy atom. The van der Waals surface area contributed by atoms with Crippen LogP contribution in [0.25, 0.3) is 0 Å². The van der Waals surface area contributed by atoms with E-state index in [9.17, 15) is 8.42 Å². The Hall–Kier alpha value is -0.910. The van der Waals surface area contributed by atoms with Crippen molar-refractivity contribution in [2.75, 3.05) is 20.1 Å². The molecule has 0 amide bonds. The predicted molar refractivity (Wildman–Crippen MR) is 85.6 cm³/mol. The van der Waals surface area contributed by atoms with E-state index in [-0.39, 0.29) is 5.41 Å². The van der Waals surface area contributed by atoms with Crippen LogP contribution in [0, 0.1) is 5.41 Å². The largest absolute Gasteiger partial charge is 0.316 e. The molecule has 1 saturated heterocycles. The van der Waals surface area contributed by atoms with E-state index in [0.717, 1.165) is 24.8 Å². The smallest absolute Gasteiger partial charge is 0.243 e. The van der Waals surface area contributed by atoms with E-state index in [4.69, 9.17) is 0 Å². The predicted octanol–water partition coefficient (Wildman–Crippen LogP) is 2.61. The Bertz CT molecular complexity index is 582. The van der Waals surface area contributed by atoms with Gasteiger partial charge in [-0.1, -0.05) is 26.0 Å². The van der Waals surface area contributed by atoms with E-state index in [1.54, 1.807) is 16.4 Å². The first-order valence-electron chi connectivity index (χ1n) is 7.59. The first-order valence-corrected chi connectivity index (χ1v) is 9.03. The second kappa shape index (κ2) is 6.46. The van der Waals surface area contributed by atoms with Crippen molar-refractivity contribution in [1.82, 2.24) is 9.62 Å². The summed E-state index contributed by atoms with van der Waals surface area (Å²) >= 11 is 0. The van der Waals surface area contributed by atoms with Gasteiger partial charge in [0.05, 0.1) is 4.90 Å². The number of sulfonamides is 1. The summed E-state index contributed by atoms with van der Waals surface area (Å²) in [6, 6.07) is 7.24. The molecule has 1 fully saturated rings. The third-order valence-electron chi connectivity index (χ3n) is 4.22. The van der Waals surface area contributed by atoms with Gasteiger partial charge in [0.2, 0.25) is 10.0 Å². The number of benzene rings is 1. The Morgan fingerprint density at radius 1 is 1.24 bits per heavy atom. The van der Waals surface area contributed by atoms with Crippen molar-refractivity contribution in [2.45, 2.75) is 44.6 Å². The lowest BCUT2D eigenvalue weighted by molar-refractivity contribution is 0.315. The standard InChI is InChI=1S/C16H26N2O2S/c1-16(2)8-5-10-18(11-9-16)21(19,20)15-7-4-6-14(12-15)13-17-3/h4,6-7,12,17H,5,8-11,13H2,1-3H3. The van der Waals surface area contributed by atoms with Gasteiger partial charge in [-0.15, -0.1) is 0 Å². The van der Waals surface area contributed by atoms with Gasteiger partial charge in [0.15, 0.2) is 0 Å². The van der Waals surface area contributed by atoms with Gasteiger partial charge in [-0.25, -0.2) is 8.42 Å². The molecule has 0 radical (unpaired) electrons. The van der Waals surface area contributed by atoms with Crippen LogP contribution in [0.4, 0.5) is 0 Å². The highest BCUT2D eigenvalue weighted by Gasteiger charge is 2.30. The minimum atomic E-state index is -3.37. The normalized spacial score (nSPS) is 20.1. The molecule has 1 heterocycles. The maximum absolute atomic E-state index is 12.8. The van der Waals surface area contributed by atoms with Crippen molar-refractivity contribution >= 4 is 10.0 Å². The number of rotatable bonds is 4. The molecule has 0 saturated carbocycles. The quantitative estimate of drug-likeness (QED) is 0.930. The van der Waals surface area contributed by atoms with Crippen molar-refractivity contribution in [3.63, 3.8) is 0 Å². The molecular weight excluding hydrogens is 284 g/mol. The van der Waals surface area contributed by atoms with Gasteiger partial charge >= 0.3 is 0 Å². The molecule has 0 aromatic heterocycles. The fourth-order valence-electron chi connectivity index (χ4n) is 2.81. The summed E-state index contributed by atoms with van der Waals surface area (Å²) in [5, 5.41) is 3.05. The molecule has 0 bridgehead atoms. The van der Waals surface area contributed by atoms with E-state index in [1.165, 1.54) is 0 Å². The van der Waals surface area contributed by atoms with Crippen molar-refractivity contribution in [2.24, 2.45) is 5.41 Å². The van der Waals surface area contributed by atoms with Crippen LogP contribution in [-0.2, 0) is 16.6 Å². The van der Waals surface area contributed by atoms with E-state index >= 15 is 0 Å². The summed E-state index contributed by atoms with van der Waals surface area (Å²) < 4.78 is 27.3. The first kappa shape index (κ1) is 16.5. The average Bonchev–Trinajstić information content (AvgIpc) is 2.61.